The zero-order valence-corrected chi connectivity index (χ0v) is 12.4. The molecule has 1 aromatic rings. The van der Waals surface area contributed by atoms with E-state index in [-0.39, 0.29) is 17.7 Å². The highest BCUT2D eigenvalue weighted by Crippen LogP contribution is 2.26. The molecule has 0 aliphatic heterocycles. The summed E-state index contributed by atoms with van der Waals surface area (Å²) < 4.78 is 5.26. The first-order valence-corrected chi connectivity index (χ1v) is 6.56. The van der Waals surface area contributed by atoms with Crippen molar-refractivity contribution in [1.82, 2.24) is 0 Å². The van der Waals surface area contributed by atoms with Crippen molar-refractivity contribution in [2.24, 2.45) is 17.6 Å². The van der Waals surface area contributed by atoms with E-state index in [0.717, 1.165) is 22.6 Å². The fourth-order valence-corrected chi connectivity index (χ4v) is 2.05. The van der Waals surface area contributed by atoms with Crippen LogP contribution in [0.3, 0.4) is 0 Å². The lowest BCUT2D eigenvalue weighted by Gasteiger charge is -2.19. The molecule has 1 aromatic carbocycles. The summed E-state index contributed by atoms with van der Waals surface area (Å²) in [6.07, 6.45) is 0. The summed E-state index contributed by atoms with van der Waals surface area (Å²) in [5.41, 5.74) is 8.46. The van der Waals surface area contributed by atoms with E-state index in [2.05, 4.69) is 5.32 Å². The molecule has 0 radical (unpaired) electrons. The van der Waals surface area contributed by atoms with E-state index in [4.69, 9.17) is 10.5 Å². The number of rotatable bonds is 5. The normalized spacial score (nSPS) is 12.4. The van der Waals surface area contributed by atoms with Gasteiger partial charge in [0.25, 0.3) is 0 Å². The Bertz CT molecular complexity index is 456. The third-order valence-electron chi connectivity index (χ3n) is 3.40. The molecule has 106 valence electrons. The van der Waals surface area contributed by atoms with E-state index in [9.17, 15) is 4.79 Å². The first kappa shape index (κ1) is 15.5. The fraction of sp³-hybridized carbons (Fsp3) is 0.533. The summed E-state index contributed by atoms with van der Waals surface area (Å²) in [4.78, 5) is 12.2. The standard InChI is InChI=1S/C15H24N2O2/c1-9(2)12(8-16)15(18)17-13-6-11(4)14(19-5)7-10(13)3/h6-7,9,12H,8,16H2,1-5H3,(H,17,18). The Morgan fingerprint density at radius 2 is 1.95 bits per heavy atom. The Morgan fingerprint density at radius 3 is 2.42 bits per heavy atom. The number of benzene rings is 1. The van der Waals surface area contributed by atoms with Crippen molar-refractivity contribution in [3.63, 3.8) is 0 Å². The summed E-state index contributed by atoms with van der Waals surface area (Å²) in [5, 5.41) is 2.96. The maximum atomic E-state index is 12.2. The number of aryl methyl sites for hydroxylation is 2. The van der Waals surface area contributed by atoms with E-state index in [1.807, 2.05) is 39.8 Å². The second kappa shape index (κ2) is 6.57. The minimum absolute atomic E-state index is 0.0230. The summed E-state index contributed by atoms with van der Waals surface area (Å²) in [5.74, 6) is 0.867. The van der Waals surface area contributed by atoms with E-state index in [1.165, 1.54) is 0 Å². The molecular formula is C15H24N2O2. The van der Waals surface area contributed by atoms with Crippen LogP contribution in [0.2, 0.25) is 0 Å². The molecular weight excluding hydrogens is 240 g/mol. The minimum atomic E-state index is -0.165. The number of amides is 1. The van der Waals surface area contributed by atoms with Crippen molar-refractivity contribution in [1.29, 1.82) is 0 Å². The average molecular weight is 264 g/mol. The van der Waals surface area contributed by atoms with Crippen LogP contribution in [0.1, 0.15) is 25.0 Å². The predicted octanol–water partition coefficient (Wildman–Crippen LogP) is 2.48. The molecule has 0 aliphatic rings. The van der Waals surface area contributed by atoms with Crippen molar-refractivity contribution < 1.29 is 9.53 Å². The van der Waals surface area contributed by atoms with Crippen LogP contribution in [-0.4, -0.2) is 19.6 Å². The highest BCUT2D eigenvalue weighted by atomic mass is 16.5. The van der Waals surface area contributed by atoms with Gasteiger partial charge in [0.15, 0.2) is 0 Å². The molecule has 4 heteroatoms. The second-order valence-corrected chi connectivity index (χ2v) is 5.21. The predicted molar refractivity (Wildman–Crippen MR) is 78.5 cm³/mol. The molecule has 0 spiro atoms. The zero-order chi connectivity index (χ0) is 14.6. The van der Waals surface area contributed by atoms with Gasteiger partial charge in [0.05, 0.1) is 13.0 Å². The number of carbonyl (C=O) groups is 1. The third kappa shape index (κ3) is 3.70. The van der Waals surface area contributed by atoms with Crippen LogP contribution in [0.15, 0.2) is 12.1 Å². The maximum absolute atomic E-state index is 12.2. The smallest absolute Gasteiger partial charge is 0.229 e. The molecule has 0 aromatic heterocycles. The SMILES string of the molecule is COc1cc(C)c(NC(=O)C(CN)C(C)C)cc1C. The van der Waals surface area contributed by atoms with Gasteiger partial charge in [0, 0.05) is 12.2 Å². The Morgan fingerprint density at radius 1 is 1.32 bits per heavy atom. The van der Waals surface area contributed by atoms with Crippen LogP contribution >= 0.6 is 0 Å². The van der Waals surface area contributed by atoms with Crippen molar-refractivity contribution >= 4 is 11.6 Å². The maximum Gasteiger partial charge on any atom is 0.229 e. The summed E-state index contributed by atoms with van der Waals surface area (Å²) in [6, 6.07) is 3.86. The van der Waals surface area contributed by atoms with Gasteiger partial charge in [-0.2, -0.15) is 0 Å². The van der Waals surface area contributed by atoms with Crippen molar-refractivity contribution in [2.45, 2.75) is 27.7 Å². The van der Waals surface area contributed by atoms with E-state index in [0.29, 0.717) is 6.54 Å². The van der Waals surface area contributed by atoms with Crippen molar-refractivity contribution in [3.05, 3.63) is 23.3 Å². The lowest BCUT2D eigenvalue weighted by Crippen LogP contribution is -2.33. The monoisotopic (exact) mass is 264 g/mol. The van der Waals surface area contributed by atoms with Gasteiger partial charge in [0.2, 0.25) is 5.91 Å². The molecule has 1 unspecified atom stereocenters. The van der Waals surface area contributed by atoms with Gasteiger partial charge in [-0.1, -0.05) is 13.8 Å². The molecule has 3 N–H and O–H groups in total. The average Bonchev–Trinajstić information content (AvgIpc) is 2.33. The summed E-state index contributed by atoms with van der Waals surface area (Å²) >= 11 is 0. The first-order chi connectivity index (χ1) is 8.90. The third-order valence-corrected chi connectivity index (χ3v) is 3.40. The largest absolute Gasteiger partial charge is 0.496 e. The molecule has 1 atom stereocenters. The van der Waals surface area contributed by atoms with E-state index >= 15 is 0 Å². The van der Waals surface area contributed by atoms with Crippen LogP contribution in [0.25, 0.3) is 0 Å². The molecule has 0 fully saturated rings. The van der Waals surface area contributed by atoms with E-state index in [1.54, 1.807) is 7.11 Å². The highest BCUT2D eigenvalue weighted by molar-refractivity contribution is 5.93. The number of anilines is 1. The highest BCUT2D eigenvalue weighted by Gasteiger charge is 2.21. The van der Waals surface area contributed by atoms with Gasteiger partial charge >= 0.3 is 0 Å². The number of nitrogens with two attached hydrogens (primary N) is 1. The minimum Gasteiger partial charge on any atom is -0.496 e. The molecule has 0 saturated heterocycles. The van der Waals surface area contributed by atoms with Crippen LogP contribution in [0, 0.1) is 25.7 Å². The Kier molecular flexibility index (Phi) is 5.36. The van der Waals surface area contributed by atoms with Gasteiger partial charge in [-0.25, -0.2) is 0 Å². The molecule has 1 amide bonds. The second-order valence-electron chi connectivity index (χ2n) is 5.21. The zero-order valence-electron chi connectivity index (χ0n) is 12.4. The van der Waals surface area contributed by atoms with Crippen LogP contribution in [-0.2, 0) is 4.79 Å². The lowest BCUT2D eigenvalue weighted by atomic mass is 9.95. The number of methoxy groups -OCH3 is 1. The van der Waals surface area contributed by atoms with Crippen LogP contribution in [0.4, 0.5) is 5.69 Å². The fourth-order valence-electron chi connectivity index (χ4n) is 2.05. The van der Waals surface area contributed by atoms with Gasteiger partial charge in [-0.3, -0.25) is 4.79 Å². The molecule has 4 nitrogen and oxygen atoms in total. The number of carbonyl (C=O) groups excluding carboxylic acids is 1. The molecule has 19 heavy (non-hydrogen) atoms. The summed E-state index contributed by atoms with van der Waals surface area (Å²) in [7, 11) is 1.64. The van der Waals surface area contributed by atoms with Crippen LogP contribution < -0.4 is 15.8 Å². The van der Waals surface area contributed by atoms with E-state index < -0.39 is 0 Å². The number of nitrogens with one attached hydrogen (secondary N) is 1. The van der Waals surface area contributed by atoms with Crippen LogP contribution in [0.5, 0.6) is 5.75 Å². The topological polar surface area (TPSA) is 64.3 Å². The molecule has 0 heterocycles. The first-order valence-electron chi connectivity index (χ1n) is 6.56. The molecule has 0 bridgehead atoms. The lowest BCUT2D eigenvalue weighted by molar-refractivity contribution is -0.120. The molecule has 0 saturated carbocycles. The Labute approximate surface area is 115 Å². The van der Waals surface area contributed by atoms with Crippen molar-refractivity contribution in [3.8, 4) is 5.75 Å². The Hall–Kier alpha value is -1.55. The van der Waals surface area contributed by atoms with Gasteiger partial charge in [0.1, 0.15) is 5.75 Å². The molecule has 0 aliphatic carbocycles. The van der Waals surface area contributed by atoms with Gasteiger partial charge < -0.3 is 15.8 Å². The quantitative estimate of drug-likeness (QED) is 0.858. The Balaban J connectivity index is 2.94. The van der Waals surface area contributed by atoms with Crippen molar-refractivity contribution in [2.75, 3.05) is 19.0 Å². The number of ether oxygens (including phenoxy) is 1. The summed E-state index contributed by atoms with van der Waals surface area (Å²) in [6.45, 7) is 8.27. The van der Waals surface area contributed by atoms with Gasteiger partial charge in [-0.05, 0) is 43.0 Å². The number of hydrogen-bond donors (Lipinski definition) is 2. The van der Waals surface area contributed by atoms with Gasteiger partial charge in [-0.15, -0.1) is 0 Å². The molecule has 1 rings (SSSR count). The number of hydrogen-bond acceptors (Lipinski definition) is 3.